The minimum atomic E-state index is -0.715. The molecule has 1 amide bonds. The Bertz CT molecular complexity index is 343. The Balaban J connectivity index is 1.73. The summed E-state index contributed by atoms with van der Waals surface area (Å²) in [4.78, 5) is 24.7. The lowest BCUT2D eigenvalue weighted by Gasteiger charge is -2.32. The van der Waals surface area contributed by atoms with Gasteiger partial charge in [-0.3, -0.25) is 9.59 Å². The lowest BCUT2D eigenvalue weighted by atomic mass is 9.92. The highest BCUT2D eigenvalue weighted by molar-refractivity contribution is 5.82. The van der Waals surface area contributed by atoms with Crippen LogP contribution in [0.2, 0.25) is 0 Å². The average molecular weight is 253 g/mol. The number of hydrogen-bond donors (Lipinski definition) is 1. The van der Waals surface area contributed by atoms with Crippen LogP contribution in [-0.4, -0.2) is 35.0 Å². The van der Waals surface area contributed by atoms with Crippen molar-refractivity contribution in [3.8, 4) is 0 Å². The summed E-state index contributed by atoms with van der Waals surface area (Å²) < 4.78 is 0. The van der Waals surface area contributed by atoms with Crippen LogP contribution in [0.3, 0.4) is 0 Å². The zero-order valence-corrected chi connectivity index (χ0v) is 11.3. The van der Waals surface area contributed by atoms with E-state index in [-0.39, 0.29) is 17.8 Å². The average Bonchev–Trinajstić information content (AvgIpc) is 2.95. The minimum absolute atomic E-state index is 0.206. The molecule has 1 aliphatic carbocycles. The fourth-order valence-corrected chi connectivity index (χ4v) is 2.88. The number of amides is 1. The van der Waals surface area contributed by atoms with Crippen LogP contribution < -0.4 is 0 Å². The van der Waals surface area contributed by atoms with Gasteiger partial charge in [-0.1, -0.05) is 13.8 Å². The summed E-state index contributed by atoms with van der Waals surface area (Å²) in [7, 11) is 0. The third kappa shape index (κ3) is 3.03. The first-order valence-corrected chi connectivity index (χ1v) is 6.91. The summed E-state index contributed by atoms with van der Waals surface area (Å²) in [6, 6.07) is 0. The molecule has 2 rings (SSSR count). The number of aliphatic carboxylic acids is 1. The number of carboxylic acid groups (broad SMARTS) is 1. The number of nitrogens with zero attached hydrogens (tertiary/aromatic N) is 1. The van der Waals surface area contributed by atoms with Crippen LogP contribution in [0.25, 0.3) is 0 Å². The molecular formula is C14H23NO3. The first kappa shape index (κ1) is 13.4. The Kier molecular flexibility index (Phi) is 3.64. The summed E-state index contributed by atoms with van der Waals surface area (Å²) in [5.41, 5.74) is 0.206. The zero-order valence-electron chi connectivity index (χ0n) is 11.3. The number of carbonyl (C=O) groups excluding carboxylic acids is 1. The Morgan fingerprint density at radius 3 is 2.28 bits per heavy atom. The van der Waals surface area contributed by atoms with E-state index in [2.05, 4.69) is 13.8 Å². The van der Waals surface area contributed by atoms with Crippen molar-refractivity contribution < 1.29 is 14.7 Å². The van der Waals surface area contributed by atoms with E-state index >= 15 is 0 Å². The highest BCUT2D eigenvalue weighted by Crippen LogP contribution is 2.52. The van der Waals surface area contributed by atoms with Crippen LogP contribution in [0.4, 0.5) is 0 Å². The fourth-order valence-electron chi connectivity index (χ4n) is 2.88. The number of hydrogen-bond acceptors (Lipinski definition) is 2. The first-order valence-electron chi connectivity index (χ1n) is 6.91. The topological polar surface area (TPSA) is 57.6 Å². The van der Waals surface area contributed by atoms with Gasteiger partial charge in [-0.15, -0.1) is 0 Å². The Labute approximate surface area is 108 Å². The van der Waals surface area contributed by atoms with E-state index in [1.54, 1.807) is 0 Å². The summed E-state index contributed by atoms with van der Waals surface area (Å²) in [6.45, 7) is 5.93. The van der Waals surface area contributed by atoms with Crippen LogP contribution in [0, 0.1) is 17.3 Å². The van der Waals surface area contributed by atoms with Crippen molar-refractivity contribution in [2.45, 2.75) is 46.0 Å². The lowest BCUT2D eigenvalue weighted by molar-refractivity contribution is -0.138. The minimum Gasteiger partial charge on any atom is -0.481 e. The molecule has 0 bridgehead atoms. The molecule has 1 atom stereocenters. The van der Waals surface area contributed by atoms with Gasteiger partial charge in [0.25, 0.3) is 0 Å². The molecule has 4 heteroatoms. The van der Waals surface area contributed by atoms with Gasteiger partial charge in [0.1, 0.15) is 0 Å². The molecule has 1 unspecified atom stereocenters. The standard InChI is InChI=1S/C14H23NO3/c1-14(2)9-11(14)13(18)15-7-5-10(6-8-15)3-4-12(16)17/h10-11H,3-9H2,1-2H3,(H,16,17). The molecular weight excluding hydrogens is 230 g/mol. The molecule has 4 nitrogen and oxygen atoms in total. The monoisotopic (exact) mass is 253 g/mol. The largest absolute Gasteiger partial charge is 0.481 e. The second kappa shape index (κ2) is 4.90. The normalized spacial score (nSPS) is 27.0. The van der Waals surface area contributed by atoms with E-state index < -0.39 is 5.97 Å². The van der Waals surface area contributed by atoms with Gasteiger partial charge in [0.05, 0.1) is 0 Å². The molecule has 0 aromatic carbocycles. The SMILES string of the molecule is CC1(C)CC1C(=O)N1CCC(CCC(=O)O)CC1. The molecule has 1 saturated carbocycles. The van der Waals surface area contributed by atoms with Gasteiger partial charge in [0.15, 0.2) is 0 Å². The van der Waals surface area contributed by atoms with Gasteiger partial charge < -0.3 is 10.0 Å². The molecule has 1 heterocycles. The lowest BCUT2D eigenvalue weighted by Crippen LogP contribution is -2.40. The number of rotatable bonds is 4. The molecule has 1 N–H and O–H groups in total. The number of likely N-dealkylation sites (tertiary alicyclic amines) is 1. The van der Waals surface area contributed by atoms with Crippen molar-refractivity contribution in [2.75, 3.05) is 13.1 Å². The van der Waals surface area contributed by atoms with Crippen molar-refractivity contribution in [3.63, 3.8) is 0 Å². The van der Waals surface area contributed by atoms with Gasteiger partial charge >= 0.3 is 5.97 Å². The van der Waals surface area contributed by atoms with Crippen molar-refractivity contribution in [1.29, 1.82) is 0 Å². The zero-order chi connectivity index (χ0) is 13.3. The number of piperidine rings is 1. The van der Waals surface area contributed by atoms with E-state index in [1.807, 2.05) is 4.90 Å². The van der Waals surface area contributed by atoms with E-state index in [1.165, 1.54) is 0 Å². The predicted octanol–water partition coefficient (Wildman–Crippen LogP) is 2.14. The molecule has 0 radical (unpaired) electrons. The van der Waals surface area contributed by atoms with E-state index in [0.717, 1.165) is 38.8 Å². The predicted molar refractivity (Wildman–Crippen MR) is 68.1 cm³/mol. The molecule has 18 heavy (non-hydrogen) atoms. The van der Waals surface area contributed by atoms with Gasteiger partial charge in [-0.25, -0.2) is 0 Å². The van der Waals surface area contributed by atoms with Gasteiger partial charge in [0, 0.05) is 25.4 Å². The number of carbonyl (C=O) groups is 2. The van der Waals surface area contributed by atoms with Crippen LogP contribution in [0.15, 0.2) is 0 Å². The smallest absolute Gasteiger partial charge is 0.303 e. The van der Waals surface area contributed by atoms with E-state index in [0.29, 0.717) is 11.8 Å². The highest BCUT2D eigenvalue weighted by atomic mass is 16.4. The maximum atomic E-state index is 12.2. The fraction of sp³-hybridized carbons (Fsp3) is 0.857. The second-order valence-electron chi connectivity index (χ2n) is 6.45. The molecule has 2 aliphatic rings. The summed E-state index contributed by atoms with van der Waals surface area (Å²) >= 11 is 0. The van der Waals surface area contributed by atoms with Crippen molar-refractivity contribution in [2.24, 2.45) is 17.3 Å². The summed E-state index contributed by atoms with van der Waals surface area (Å²) in [5.74, 6) is 0.315. The molecule has 0 aromatic rings. The molecule has 0 aromatic heterocycles. The van der Waals surface area contributed by atoms with Crippen molar-refractivity contribution in [3.05, 3.63) is 0 Å². The Hall–Kier alpha value is -1.06. The van der Waals surface area contributed by atoms with Crippen LogP contribution >= 0.6 is 0 Å². The maximum Gasteiger partial charge on any atom is 0.303 e. The quantitative estimate of drug-likeness (QED) is 0.835. The Morgan fingerprint density at radius 2 is 1.83 bits per heavy atom. The highest BCUT2D eigenvalue weighted by Gasteiger charge is 2.52. The molecule has 2 fully saturated rings. The van der Waals surface area contributed by atoms with Crippen LogP contribution in [-0.2, 0) is 9.59 Å². The maximum absolute atomic E-state index is 12.2. The van der Waals surface area contributed by atoms with E-state index in [9.17, 15) is 9.59 Å². The first-order chi connectivity index (χ1) is 8.40. The third-order valence-electron chi connectivity index (χ3n) is 4.50. The van der Waals surface area contributed by atoms with Gasteiger partial charge in [-0.05, 0) is 37.0 Å². The molecule has 102 valence electrons. The third-order valence-corrected chi connectivity index (χ3v) is 4.50. The number of carboxylic acids is 1. The van der Waals surface area contributed by atoms with E-state index in [4.69, 9.17) is 5.11 Å². The van der Waals surface area contributed by atoms with Gasteiger partial charge in [-0.2, -0.15) is 0 Å². The Morgan fingerprint density at radius 1 is 1.28 bits per heavy atom. The van der Waals surface area contributed by atoms with Gasteiger partial charge in [0.2, 0.25) is 5.91 Å². The molecule has 1 saturated heterocycles. The summed E-state index contributed by atoms with van der Waals surface area (Å²) in [5, 5.41) is 8.66. The second-order valence-corrected chi connectivity index (χ2v) is 6.45. The summed E-state index contributed by atoms with van der Waals surface area (Å²) in [6.07, 6.45) is 3.96. The van der Waals surface area contributed by atoms with Crippen molar-refractivity contribution in [1.82, 2.24) is 4.90 Å². The molecule has 1 aliphatic heterocycles. The van der Waals surface area contributed by atoms with Crippen LogP contribution in [0.5, 0.6) is 0 Å². The van der Waals surface area contributed by atoms with Crippen LogP contribution in [0.1, 0.15) is 46.0 Å². The van der Waals surface area contributed by atoms with Crippen molar-refractivity contribution >= 4 is 11.9 Å². The molecule has 0 spiro atoms.